The van der Waals surface area contributed by atoms with Crippen molar-refractivity contribution in [3.63, 3.8) is 0 Å². The highest BCUT2D eigenvalue weighted by atomic mass is 32.2. The van der Waals surface area contributed by atoms with Crippen LogP contribution in [-0.2, 0) is 14.3 Å². The topological polar surface area (TPSA) is 63.6 Å². The number of hydrogen-bond donors (Lipinski definition) is 1. The molecule has 1 aromatic carbocycles. The van der Waals surface area contributed by atoms with Gasteiger partial charge in [-0.25, -0.2) is 0 Å². The van der Waals surface area contributed by atoms with E-state index in [1.807, 2.05) is 19.1 Å². The van der Waals surface area contributed by atoms with E-state index in [1.54, 1.807) is 12.1 Å². The quantitative estimate of drug-likeness (QED) is 0.393. The SMILES string of the molecule is Cc1ccc(S(=O)(=O)OC[C@@H](C)[C@H]2CCC3C4CC=C5C[C@@H](O)CC[C@]5(C)C4CC[C@@]32C)cc1. The summed E-state index contributed by atoms with van der Waals surface area (Å²) in [4.78, 5) is 0.247. The molecule has 188 valence electrons. The summed E-state index contributed by atoms with van der Waals surface area (Å²) >= 11 is 0. The van der Waals surface area contributed by atoms with Crippen molar-refractivity contribution in [1.82, 2.24) is 0 Å². The third-order valence-corrected chi connectivity index (χ3v) is 11.9. The molecule has 0 aromatic heterocycles. The van der Waals surface area contributed by atoms with Crippen LogP contribution in [-0.4, -0.2) is 26.2 Å². The molecule has 5 heteroatoms. The Labute approximate surface area is 206 Å². The van der Waals surface area contributed by atoms with Gasteiger partial charge in [0.2, 0.25) is 0 Å². The second-order valence-corrected chi connectivity index (χ2v) is 14.0. The van der Waals surface area contributed by atoms with Crippen LogP contribution in [0, 0.1) is 47.3 Å². The molecule has 0 bridgehead atoms. The maximum Gasteiger partial charge on any atom is 0.296 e. The molecule has 4 aliphatic carbocycles. The monoisotopic (exact) mass is 486 g/mol. The molecule has 5 rings (SSSR count). The molecule has 34 heavy (non-hydrogen) atoms. The molecule has 4 nitrogen and oxygen atoms in total. The first-order chi connectivity index (χ1) is 16.0. The Hall–Kier alpha value is -1.17. The fraction of sp³-hybridized carbons (Fsp3) is 0.724. The number of rotatable bonds is 5. The fourth-order valence-corrected chi connectivity index (χ4v) is 9.70. The molecule has 0 spiro atoms. The van der Waals surface area contributed by atoms with Gasteiger partial charge >= 0.3 is 0 Å². The highest BCUT2D eigenvalue weighted by Crippen LogP contribution is 2.67. The molecule has 8 atom stereocenters. The van der Waals surface area contributed by atoms with Crippen LogP contribution in [0.15, 0.2) is 40.8 Å². The van der Waals surface area contributed by atoms with E-state index in [-0.39, 0.29) is 34.4 Å². The number of aryl methyl sites for hydroxylation is 1. The van der Waals surface area contributed by atoms with Crippen LogP contribution in [0.1, 0.15) is 77.7 Å². The molecule has 0 aliphatic heterocycles. The molecule has 0 saturated heterocycles. The number of fused-ring (bicyclic) bond motifs is 5. The van der Waals surface area contributed by atoms with Gasteiger partial charge in [0.05, 0.1) is 17.6 Å². The van der Waals surface area contributed by atoms with Crippen molar-refractivity contribution in [2.45, 2.75) is 90.1 Å². The molecule has 1 aromatic rings. The summed E-state index contributed by atoms with van der Waals surface area (Å²) in [6, 6.07) is 6.91. The van der Waals surface area contributed by atoms with E-state index in [9.17, 15) is 13.5 Å². The molecular weight excluding hydrogens is 444 g/mol. The molecule has 0 radical (unpaired) electrons. The summed E-state index contributed by atoms with van der Waals surface area (Å²) in [5, 5.41) is 10.2. The van der Waals surface area contributed by atoms with Crippen molar-refractivity contribution in [3.8, 4) is 0 Å². The van der Waals surface area contributed by atoms with Crippen LogP contribution >= 0.6 is 0 Å². The average molecular weight is 487 g/mol. The number of hydrogen-bond acceptors (Lipinski definition) is 4. The first kappa shape index (κ1) is 24.5. The Kier molecular flexibility index (Phi) is 6.30. The Balaban J connectivity index is 1.29. The van der Waals surface area contributed by atoms with Gasteiger partial charge in [0.1, 0.15) is 0 Å². The zero-order valence-electron chi connectivity index (χ0n) is 21.3. The van der Waals surface area contributed by atoms with Crippen molar-refractivity contribution < 1.29 is 17.7 Å². The molecule has 3 fully saturated rings. The van der Waals surface area contributed by atoms with E-state index < -0.39 is 10.1 Å². The maximum atomic E-state index is 12.8. The smallest absolute Gasteiger partial charge is 0.296 e. The number of allylic oxidation sites excluding steroid dienone is 1. The Bertz CT molecular complexity index is 1040. The van der Waals surface area contributed by atoms with Crippen LogP contribution < -0.4 is 0 Å². The lowest BCUT2D eigenvalue weighted by Gasteiger charge is -2.58. The highest BCUT2D eigenvalue weighted by Gasteiger charge is 2.59. The van der Waals surface area contributed by atoms with Crippen molar-refractivity contribution in [2.75, 3.05) is 6.61 Å². The van der Waals surface area contributed by atoms with Gasteiger partial charge in [-0.15, -0.1) is 0 Å². The van der Waals surface area contributed by atoms with Crippen LogP contribution in [0.3, 0.4) is 0 Å². The van der Waals surface area contributed by atoms with Crippen LogP contribution in [0.5, 0.6) is 0 Å². The Morgan fingerprint density at radius 1 is 1.06 bits per heavy atom. The van der Waals surface area contributed by atoms with E-state index >= 15 is 0 Å². The third kappa shape index (κ3) is 4.00. The van der Waals surface area contributed by atoms with E-state index in [2.05, 4.69) is 26.8 Å². The second kappa shape index (κ2) is 8.74. The normalized spacial score (nSPS) is 40.6. The lowest BCUT2D eigenvalue weighted by molar-refractivity contribution is -0.0590. The Morgan fingerprint density at radius 3 is 2.53 bits per heavy atom. The van der Waals surface area contributed by atoms with Crippen molar-refractivity contribution in [1.29, 1.82) is 0 Å². The summed E-state index contributed by atoms with van der Waals surface area (Å²) < 4.78 is 31.1. The van der Waals surface area contributed by atoms with Crippen molar-refractivity contribution in [3.05, 3.63) is 41.5 Å². The first-order valence-corrected chi connectivity index (χ1v) is 14.8. The van der Waals surface area contributed by atoms with Gasteiger partial charge < -0.3 is 5.11 Å². The van der Waals surface area contributed by atoms with Gasteiger partial charge in [-0.2, -0.15) is 8.42 Å². The Morgan fingerprint density at radius 2 is 1.79 bits per heavy atom. The van der Waals surface area contributed by atoms with Gasteiger partial charge in [-0.1, -0.05) is 50.1 Å². The lowest BCUT2D eigenvalue weighted by atomic mass is 9.47. The molecular formula is C29H42O4S. The maximum absolute atomic E-state index is 12.8. The summed E-state index contributed by atoms with van der Waals surface area (Å²) in [5.74, 6) is 2.86. The predicted molar refractivity (Wildman–Crippen MR) is 135 cm³/mol. The van der Waals surface area contributed by atoms with E-state index in [0.29, 0.717) is 11.8 Å². The number of benzene rings is 1. The average Bonchev–Trinajstić information content (AvgIpc) is 3.15. The number of aliphatic hydroxyl groups is 1. The van der Waals surface area contributed by atoms with E-state index in [1.165, 1.54) is 31.3 Å². The second-order valence-electron chi connectivity index (χ2n) is 12.4. The van der Waals surface area contributed by atoms with Gasteiger partial charge in [0.15, 0.2) is 0 Å². The van der Waals surface area contributed by atoms with Crippen LogP contribution in [0.25, 0.3) is 0 Å². The zero-order valence-corrected chi connectivity index (χ0v) is 22.1. The van der Waals surface area contributed by atoms with E-state index in [0.717, 1.165) is 43.1 Å². The van der Waals surface area contributed by atoms with Gasteiger partial charge in [0.25, 0.3) is 10.1 Å². The standard InChI is InChI=1S/C29H42O4S/c1-19-5-8-23(9-6-19)34(31,32)33-18-20(2)25-11-12-26-24-10-7-21-17-22(30)13-15-28(21,3)27(24)14-16-29(25,26)4/h5-9,20,22,24-27,30H,10-18H2,1-4H3/t20-,22+,24?,25-,26?,27?,28+,29-/m1/s1. The first-order valence-electron chi connectivity index (χ1n) is 13.4. The highest BCUT2D eigenvalue weighted by molar-refractivity contribution is 7.86. The summed E-state index contributed by atoms with van der Waals surface area (Å²) in [5.41, 5.74) is 3.08. The van der Waals surface area contributed by atoms with E-state index in [4.69, 9.17) is 4.18 Å². The van der Waals surface area contributed by atoms with Crippen molar-refractivity contribution in [2.24, 2.45) is 40.4 Å². The van der Waals surface area contributed by atoms with Crippen molar-refractivity contribution >= 4 is 10.1 Å². The molecule has 3 unspecified atom stereocenters. The van der Waals surface area contributed by atoms with Gasteiger partial charge in [-0.3, -0.25) is 4.18 Å². The zero-order chi connectivity index (χ0) is 24.3. The fourth-order valence-electron chi connectivity index (χ4n) is 8.70. The minimum absolute atomic E-state index is 0.155. The molecule has 4 aliphatic rings. The molecule has 0 heterocycles. The summed E-state index contributed by atoms with van der Waals surface area (Å²) in [7, 11) is -3.72. The predicted octanol–water partition coefficient (Wildman–Crippen LogP) is 6.28. The van der Waals surface area contributed by atoms with Crippen LogP contribution in [0.4, 0.5) is 0 Å². The minimum atomic E-state index is -3.72. The lowest BCUT2D eigenvalue weighted by Crippen LogP contribution is -2.51. The number of aliphatic hydroxyl groups excluding tert-OH is 1. The molecule has 1 N–H and O–H groups in total. The molecule has 0 amide bonds. The van der Waals surface area contributed by atoms with Gasteiger partial charge in [-0.05, 0) is 111 Å². The molecule has 3 saturated carbocycles. The minimum Gasteiger partial charge on any atom is -0.393 e. The summed E-state index contributed by atoms with van der Waals surface area (Å²) in [6.07, 6.45) is 11.3. The van der Waals surface area contributed by atoms with Gasteiger partial charge in [0, 0.05) is 0 Å². The largest absolute Gasteiger partial charge is 0.393 e. The van der Waals surface area contributed by atoms with Crippen LogP contribution in [0.2, 0.25) is 0 Å². The third-order valence-electron chi connectivity index (χ3n) is 10.6. The summed E-state index contributed by atoms with van der Waals surface area (Å²) in [6.45, 7) is 9.37.